The summed E-state index contributed by atoms with van der Waals surface area (Å²) in [6, 6.07) is 0. The summed E-state index contributed by atoms with van der Waals surface area (Å²) in [5, 5.41) is 11.1. The van der Waals surface area contributed by atoms with Crippen LogP contribution < -0.4 is 10.7 Å². The van der Waals surface area contributed by atoms with Gasteiger partial charge in [0.2, 0.25) is 0 Å². The lowest BCUT2D eigenvalue weighted by Gasteiger charge is -2.11. The van der Waals surface area contributed by atoms with Crippen LogP contribution in [0.4, 0.5) is 0 Å². The standard InChI is InChI=1S/C13H14N2O3S2/c1-6(12(17)18)19-13-14-10(16)9-7-4-2-3-5-8(7)20-11(9)15-13/h6H,2-5H2,1H3,(H,17,18)(H,14,15,16)/p-1/t6-/m0/s1. The van der Waals surface area contributed by atoms with Gasteiger partial charge < -0.3 is 14.9 Å². The quantitative estimate of drug-likeness (QED) is 0.677. The molecule has 1 aliphatic rings. The zero-order valence-corrected chi connectivity index (χ0v) is 12.5. The van der Waals surface area contributed by atoms with Gasteiger partial charge in [0.25, 0.3) is 5.56 Å². The summed E-state index contributed by atoms with van der Waals surface area (Å²) in [4.78, 5) is 32.0. The van der Waals surface area contributed by atoms with E-state index in [1.807, 2.05) is 0 Å². The van der Waals surface area contributed by atoms with Crippen LogP contribution in [0.25, 0.3) is 10.2 Å². The van der Waals surface area contributed by atoms with Gasteiger partial charge in [-0.05, 0) is 38.2 Å². The molecule has 2 aromatic heterocycles. The number of hydrogen-bond donors (Lipinski definition) is 1. The molecule has 0 aromatic carbocycles. The fourth-order valence-corrected chi connectivity index (χ4v) is 4.46. The molecule has 1 aliphatic carbocycles. The lowest BCUT2D eigenvalue weighted by atomic mass is 9.97. The first-order chi connectivity index (χ1) is 9.56. The minimum Gasteiger partial charge on any atom is -0.549 e. The summed E-state index contributed by atoms with van der Waals surface area (Å²) >= 11 is 2.56. The van der Waals surface area contributed by atoms with E-state index in [-0.39, 0.29) is 5.56 Å². The second-order valence-electron chi connectivity index (χ2n) is 4.84. The summed E-state index contributed by atoms with van der Waals surface area (Å²) in [6.07, 6.45) is 4.20. The van der Waals surface area contributed by atoms with Crippen LogP contribution in [0.5, 0.6) is 0 Å². The van der Waals surface area contributed by atoms with Crippen molar-refractivity contribution in [1.82, 2.24) is 9.97 Å². The molecule has 0 amide bonds. The van der Waals surface area contributed by atoms with Crippen molar-refractivity contribution < 1.29 is 9.90 Å². The lowest BCUT2D eigenvalue weighted by molar-refractivity contribution is -0.304. The van der Waals surface area contributed by atoms with E-state index in [2.05, 4.69) is 9.97 Å². The molecule has 0 aliphatic heterocycles. The highest BCUT2D eigenvalue weighted by Gasteiger charge is 2.20. The maximum atomic E-state index is 12.2. The van der Waals surface area contributed by atoms with Crippen LogP contribution >= 0.6 is 23.1 Å². The Hall–Kier alpha value is -1.34. The van der Waals surface area contributed by atoms with Crippen LogP contribution in [0.15, 0.2) is 9.95 Å². The Balaban J connectivity index is 2.06. The van der Waals surface area contributed by atoms with Crippen LogP contribution in [-0.2, 0) is 17.6 Å². The van der Waals surface area contributed by atoms with Crippen LogP contribution in [0.2, 0.25) is 0 Å². The molecule has 0 saturated heterocycles. The highest BCUT2D eigenvalue weighted by molar-refractivity contribution is 8.00. The Morgan fingerprint density at radius 2 is 2.20 bits per heavy atom. The van der Waals surface area contributed by atoms with Gasteiger partial charge in [0.15, 0.2) is 5.16 Å². The number of hydrogen-bond acceptors (Lipinski definition) is 6. The van der Waals surface area contributed by atoms with Crippen LogP contribution in [0, 0.1) is 0 Å². The number of aliphatic carboxylic acids is 1. The van der Waals surface area contributed by atoms with Gasteiger partial charge in [-0.25, -0.2) is 4.98 Å². The van der Waals surface area contributed by atoms with E-state index in [0.29, 0.717) is 15.4 Å². The Morgan fingerprint density at radius 3 is 2.95 bits per heavy atom. The fraction of sp³-hybridized carbons (Fsp3) is 0.462. The number of fused-ring (bicyclic) bond motifs is 3. The van der Waals surface area contributed by atoms with E-state index in [1.165, 1.54) is 11.8 Å². The van der Waals surface area contributed by atoms with Gasteiger partial charge in [0, 0.05) is 10.1 Å². The molecule has 0 fully saturated rings. The molecule has 0 bridgehead atoms. The monoisotopic (exact) mass is 309 g/mol. The van der Waals surface area contributed by atoms with Crippen LogP contribution in [0.3, 0.4) is 0 Å². The molecule has 3 rings (SSSR count). The average molecular weight is 309 g/mol. The number of thiophene rings is 1. The van der Waals surface area contributed by atoms with E-state index in [0.717, 1.165) is 43.0 Å². The molecule has 7 heteroatoms. The number of carbonyl (C=O) groups is 1. The summed E-state index contributed by atoms with van der Waals surface area (Å²) in [5.74, 6) is -1.16. The van der Waals surface area contributed by atoms with E-state index in [4.69, 9.17) is 0 Å². The molecule has 20 heavy (non-hydrogen) atoms. The Morgan fingerprint density at radius 1 is 1.45 bits per heavy atom. The molecule has 1 atom stereocenters. The summed E-state index contributed by atoms with van der Waals surface area (Å²) in [7, 11) is 0. The topological polar surface area (TPSA) is 85.9 Å². The smallest absolute Gasteiger partial charge is 0.260 e. The number of carboxylic acids is 1. The number of carbonyl (C=O) groups excluding carboxylic acids is 1. The van der Waals surface area contributed by atoms with Crippen molar-refractivity contribution in [2.75, 3.05) is 0 Å². The van der Waals surface area contributed by atoms with Gasteiger partial charge in [0.05, 0.1) is 11.4 Å². The predicted molar refractivity (Wildman–Crippen MR) is 77.2 cm³/mol. The number of H-pyrrole nitrogens is 1. The molecule has 5 nitrogen and oxygen atoms in total. The Kier molecular flexibility index (Phi) is 3.55. The lowest BCUT2D eigenvalue weighted by Crippen LogP contribution is -2.31. The van der Waals surface area contributed by atoms with Crippen molar-refractivity contribution in [3.05, 3.63) is 20.8 Å². The zero-order valence-electron chi connectivity index (χ0n) is 10.9. The van der Waals surface area contributed by atoms with Crippen LogP contribution in [0.1, 0.15) is 30.2 Å². The van der Waals surface area contributed by atoms with Gasteiger partial charge in [-0.15, -0.1) is 11.3 Å². The number of aryl methyl sites for hydroxylation is 2. The zero-order chi connectivity index (χ0) is 14.3. The molecular weight excluding hydrogens is 296 g/mol. The van der Waals surface area contributed by atoms with Gasteiger partial charge in [-0.2, -0.15) is 0 Å². The van der Waals surface area contributed by atoms with Gasteiger partial charge in [0.1, 0.15) is 4.83 Å². The average Bonchev–Trinajstić information content (AvgIpc) is 2.76. The van der Waals surface area contributed by atoms with Gasteiger partial charge in [-0.1, -0.05) is 11.8 Å². The van der Waals surface area contributed by atoms with Crippen LogP contribution in [-0.4, -0.2) is 21.2 Å². The molecule has 2 heterocycles. The van der Waals surface area contributed by atoms with E-state index in [1.54, 1.807) is 11.3 Å². The third-order valence-electron chi connectivity index (χ3n) is 3.42. The van der Waals surface area contributed by atoms with Gasteiger partial charge >= 0.3 is 0 Å². The summed E-state index contributed by atoms with van der Waals surface area (Å²) in [6.45, 7) is 1.52. The second kappa shape index (κ2) is 5.21. The molecule has 2 aromatic rings. The molecule has 0 saturated carbocycles. The number of aromatic amines is 1. The predicted octanol–water partition coefficient (Wildman–Crippen LogP) is 1.09. The van der Waals surface area contributed by atoms with Crippen molar-refractivity contribution in [3.8, 4) is 0 Å². The SMILES string of the molecule is C[C@H](Sc1nc2sc3c(c2c(=O)[nH]1)CCCC3)C(=O)[O-]. The second-order valence-corrected chi connectivity index (χ2v) is 7.25. The van der Waals surface area contributed by atoms with Crippen molar-refractivity contribution in [2.45, 2.75) is 43.0 Å². The summed E-state index contributed by atoms with van der Waals surface area (Å²) in [5.41, 5.74) is 0.969. The maximum Gasteiger partial charge on any atom is 0.260 e. The van der Waals surface area contributed by atoms with Gasteiger partial charge in [-0.3, -0.25) is 4.79 Å². The minimum absolute atomic E-state index is 0.164. The number of nitrogens with zero attached hydrogens (tertiary/aromatic N) is 1. The molecule has 0 spiro atoms. The number of rotatable bonds is 3. The third kappa shape index (κ3) is 2.35. The van der Waals surface area contributed by atoms with E-state index < -0.39 is 11.2 Å². The van der Waals surface area contributed by atoms with E-state index in [9.17, 15) is 14.7 Å². The number of aromatic nitrogens is 2. The Labute approximate surface area is 123 Å². The molecule has 106 valence electrons. The first-order valence-electron chi connectivity index (χ1n) is 6.48. The minimum atomic E-state index is -1.16. The fourth-order valence-electron chi connectivity index (χ4n) is 2.42. The number of carboxylic acid groups (broad SMARTS) is 1. The van der Waals surface area contributed by atoms with Crippen molar-refractivity contribution in [1.29, 1.82) is 0 Å². The molecule has 0 unspecified atom stereocenters. The molecule has 1 N–H and O–H groups in total. The summed E-state index contributed by atoms with van der Waals surface area (Å²) < 4.78 is 0. The highest BCUT2D eigenvalue weighted by Crippen LogP contribution is 2.34. The van der Waals surface area contributed by atoms with Crippen molar-refractivity contribution >= 4 is 39.3 Å². The molecule has 0 radical (unpaired) electrons. The largest absolute Gasteiger partial charge is 0.549 e. The van der Waals surface area contributed by atoms with E-state index >= 15 is 0 Å². The third-order valence-corrected chi connectivity index (χ3v) is 5.57. The Bertz CT molecular complexity index is 735. The first kappa shape index (κ1) is 13.6. The number of nitrogens with one attached hydrogen (secondary N) is 1. The highest BCUT2D eigenvalue weighted by atomic mass is 32.2. The van der Waals surface area contributed by atoms with Crippen molar-refractivity contribution in [2.24, 2.45) is 0 Å². The number of thioether (sulfide) groups is 1. The first-order valence-corrected chi connectivity index (χ1v) is 8.18. The maximum absolute atomic E-state index is 12.2. The normalized spacial score (nSPS) is 16.1. The van der Waals surface area contributed by atoms with Crippen molar-refractivity contribution in [3.63, 3.8) is 0 Å². The molecular formula is C13H13N2O3S2-.